The van der Waals surface area contributed by atoms with Gasteiger partial charge in [0.15, 0.2) is 5.75 Å². The SMILES string of the molecule is NCCNS(=O)(=O)c1c(Cl)ccc(NC(=O)Nc2cccc(Cl)c2Cl)c1O.O=C(O)C(F)(F)F. The summed E-state index contributed by atoms with van der Waals surface area (Å²) in [5, 5.41) is 22.3. The Morgan fingerprint density at radius 2 is 1.56 bits per heavy atom. The first-order chi connectivity index (χ1) is 15.6. The first-order valence-electron chi connectivity index (χ1n) is 8.65. The number of hydrogen-bond donors (Lipinski definition) is 6. The number of sulfonamides is 1. The molecule has 0 bridgehead atoms. The van der Waals surface area contributed by atoms with E-state index in [-0.39, 0.29) is 39.5 Å². The molecule has 0 aliphatic carbocycles. The Kier molecular flexibility index (Phi) is 10.7. The minimum atomic E-state index is -5.08. The smallest absolute Gasteiger partial charge is 0.490 e. The van der Waals surface area contributed by atoms with E-state index in [4.69, 9.17) is 50.4 Å². The third kappa shape index (κ3) is 8.38. The van der Waals surface area contributed by atoms with Crippen molar-refractivity contribution < 1.29 is 41.4 Å². The zero-order chi connectivity index (χ0) is 26.3. The van der Waals surface area contributed by atoms with Crippen LogP contribution in [0.2, 0.25) is 15.1 Å². The van der Waals surface area contributed by atoms with E-state index in [0.717, 1.165) is 0 Å². The number of halogens is 6. The number of aliphatic carboxylic acids is 1. The molecule has 0 saturated heterocycles. The third-order valence-electron chi connectivity index (χ3n) is 3.48. The quantitative estimate of drug-likeness (QED) is 0.288. The fourth-order valence-corrected chi connectivity index (χ4v) is 4.07. The minimum absolute atomic E-state index is 0.0521. The van der Waals surface area contributed by atoms with Crippen molar-refractivity contribution in [2.75, 3.05) is 23.7 Å². The van der Waals surface area contributed by atoms with Crippen LogP contribution in [-0.4, -0.2) is 49.9 Å². The van der Waals surface area contributed by atoms with Crippen LogP contribution in [0.25, 0.3) is 0 Å². The Morgan fingerprint density at radius 3 is 2.09 bits per heavy atom. The van der Waals surface area contributed by atoms with Gasteiger partial charge in [-0.15, -0.1) is 0 Å². The lowest BCUT2D eigenvalue weighted by atomic mass is 10.3. The minimum Gasteiger partial charge on any atom is -0.504 e. The topological polar surface area (TPSA) is 171 Å². The summed E-state index contributed by atoms with van der Waals surface area (Å²) in [7, 11) is -4.14. The Morgan fingerprint density at radius 1 is 1.00 bits per heavy atom. The van der Waals surface area contributed by atoms with Gasteiger partial charge in [-0.25, -0.2) is 22.7 Å². The molecule has 2 amide bonds. The van der Waals surface area contributed by atoms with E-state index >= 15 is 0 Å². The largest absolute Gasteiger partial charge is 0.504 e. The summed E-state index contributed by atoms with van der Waals surface area (Å²) in [5.41, 5.74) is 5.33. The van der Waals surface area contributed by atoms with E-state index in [1.165, 1.54) is 18.2 Å². The van der Waals surface area contributed by atoms with Gasteiger partial charge in [0.25, 0.3) is 0 Å². The first kappa shape index (κ1) is 29.5. The van der Waals surface area contributed by atoms with Crippen LogP contribution in [0.5, 0.6) is 5.75 Å². The molecule has 7 N–H and O–H groups in total. The summed E-state index contributed by atoms with van der Waals surface area (Å²) >= 11 is 17.8. The fourth-order valence-electron chi connectivity index (χ4n) is 2.04. The predicted octanol–water partition coefficient (Wildman–Crippen LogP) is 3.87. The van der Waals surface area contributed by atoms with Crippen molar-refractivity contribution in [3.63, 3.8) is 0 Å². The zero-order valence-corrected chi connectivity index (χ0v) is 19.7. The maximum Gasteiger partial charge on any atom is 0.490 e. The van der Waals surface area contributed by atoms with Gasteiger partial charge in [-0.1, -0.05) is 40.9 Å². The molecule has 0 unspecified atom stereocenters. The summed E-state index contributed by atoms with van der Waals surface area (Å²) < 4.78 is 58.5. The van der Waals surface area contributed by atoms with Gasteiger partial charge in [0.2, 0.25) is 10.0 Å². The molecule has 0 radical (unpaired) electrons. The lowest BCUT2D eigenvalue weighted by Gasteiger charge is -2.14. The number of carbonyl (C=O) groups is 2. The molecule has 10 nitrogen and oxygen atoms in total. The number of anilines is 2. The van der Waals surface area contributed by atoms with Crippen LogP contribution in [0.1, 0.15) is 0 Å². The molecule has 2 aromatic carbocycles. The summed E-state index contributed by atoms with van der Waals surface area (Å²) in [6, 6.07) is 6.33. The highest BCUT2D eigenvalue weighted by Crippen LogP contribution is 2.37. The molecule has 17 heteroatoms. The Labute approximate surface area is 205 Å². The highest BCUT2D eigenvalue weighted by atomic mass is 35.5. The van der Waals surface area contributed by atoms with E-state index < -0.39 is 38.8 Å². The van der Waals surface area contributed by atoms with E-state index in [1.54, 1.807) is 12.1 Å². The number of hydrogen-bond acceptors (Lipinski definition) is 6. The van der Waals surface area contributed by atoms with Crippen molar-refractivity contribution in [2.24, 2.45) is 5.73 Å². The van der Waals surface area contributed by atoms with E-state index in [1.807, 2.05) is 0 Å². The average molecular weight is 568 g/mol. The molecule has 0 spiro atoms. The van der Waals surface area contributed by atoms with Crippen LogP contribution < -0.4 is 21.1 Å². The fraction of sp³-hybridized carbons (Fsp3) is 0.176. The molecule has 0 aliphatic heterocycles. The Bertz CT molecular complexity index is 1170. The van der Waals surface area contributed by atoms with Crippen LogP contribution in [0.15, 0.2) is 35.2 Å². The number of rotatable bonds is 6. The number of urea groups is 1. The average Bonchev–Trinajstić information content (AvgIpc) is 2.72. The second-order valence-electron chi connectivity index (χ2n) is 5.94. The number of aromatic hydroxyl groups is 1. The number of carboxylic acids is 1. The first-order valence-corrected chi connectivity index (χ1v) is 11.3. The number of nitrogens with two attached hydrogens (primary N) is 1. The second-order valence-corrected chi connectivity index (χ2v) is 8.84. The summed E-state index contributed by atoms with van der Waals surface area (Å²) in [5.74, 6) is -3.48. The normalized spacial score (nSPS) is 11.3. The van der Waals surface area contributed by atoms with Gasteiger partial charge in [-0.2, -0.15) is 13.2 Å². The van der Waals surface area contributed by atoms with Crippen LogP contribution in [-0.2, 0) is 14.8 Å². The van der Waals surface area contributed by atoms with Crippen molar-refractivity contribution in [1.82, 2.24) is 4.72 Å². The standard InChI is InChI=1S/C15H15Cl3N4O4S.C2HF3O2/c16-8-2-1-3-10(12(8)18)21-15(24)22-11-5-4-9(17)14(13(11)23)27(25,26)20-7-6-19;3-2(4,5)1(6)7/h1-5,20,23H,6-7,19H2,(H2,21,22,24);(H,6,7). The highest BCUT2D eigenvalue weighted by molar-refractivity contribution is 7.89. The number of carboxylic acid groups (broad SMARTS) is 1. The van der Waals surface area contributed by atoms with Gasteiger partial charge in [0, 0.05) is 13.1 Å². The number of nitrogens with one attached hydrogen (secondary N) is 3. The van der Waals surface area contributed by atoms with Gasteiger partial charge in [0.05, 0.1) is 26.4 Å². The summed E-state index contributed by atoms with van der Waals surface area (Å²) in [6.07, 6.45) is -5.08. The van der Waals surface area contributed by atoms with Crippen molar-refractivity contribution in [2.45, 2.75) is 11.1 Å². The maximum absolute atomic E-state index is 12.3. The molecule has 0 aromatic heterocycles. The number of alkyl halides is 3. The van der Waals surface area contributed by atoms with Crippen LogP contribution in [0.4, 0.5) is 29.3 Å². The van der Waals surface area contributed by atoms with Crippen molar-refractivity contribution in [3.05, 3.63) is 45.4 Å². The molecule has 0 saturated carbocycles. The van der Waals surface area contributed by atoms with Crippen LogP contribution in [0, 0.1) is 0 Å². The Balaban J connectivity index is 0.000000718. The Hall–Kier alpha value is -2.49. The number of carbonyl (C=O) groups excluding carboxylic acids is 1. The van der Waals surface area contributed by atoms with Crippen LogP contribution in [0.3, 0.4) is 0 Å². The van der Waals surface area contributed by atoms with Gasteiger partial charge in [-0.3, -0.25) is 0 Å². The number of phenolic OH excluding ortho intramolecular Hbond substituents is 1. The zero-order valence-electron chi connectivity index (χ0n) is 16.6. The predicted molar refractivity (Wildman–Crippen MR) is 120 cm³/mol. The molecule has 34 heavy (non-hydrogen) atoms. The van der Waals surface area contributed by atoms with Gasteiger partial charge < -0.3 is 26.6 Å². The van der Waals surface area contributed by atoms with Gasteiger partial charge in [-0.05, 0) is 24.3 Å². The summed E-state index contributed by atoms with van der Waals surface area (Å²) in [4.78, 5) is 20.5. The molecule has 2 aromatic rings. The molecular formula is C17H16Cl3F3N4O6S. The lowest BCUT2D eigenvalue weighted by molar-refractivity contribution is -0.192. The van der Waals surface area contributed by atoms with Crippen molar-refractivity contribution >= 4 is 68.2 Å². The second kappa shape index (κ2) is 12.3. The maximum atomic E-state index is 12.3. The monoisotopic (exact) mass is 566 g/mol. The number of phenols is 1. The van der Waals surface area contributed by atoms with E-state index in [0.29, 0.717) is 0 Å². The number of benzene rings is 2. The van der Waals surface area contributed by atoms with E-state index in [2.05, 4.69) is 15.4 Å². The molecular weight excluding hydrogens is 552 g/mol. The summed E-state index contributed by atoms with van der Waals surface area (Å²) in [6.45, 7) is 0.00185. The van der Waals surface area contributed by atoms with E-state index in [9.17, 15) is 31.5 Å². The lowest BCUT2D eigenvalue weighted by Crippen LogP contribution is -2.29. The molecule has 0 aliphatic rings. The molecule has 0 atom stereocenters. The highest BCUT2D eigenvalue weighted by Gasteiger charge is 2.38. The molecule has 188 valence electrons. The van der Waals surface area contributed by atoms with Gasteiger partial charge >= 0.3 is 18.2 Å². The molecule has 0 fully saturated rings. The molecule has 2 rings (SSSR count). The van der Waals surface area contributed by atoms with Crippen LogP contribution >= 0.6 is 34.8 Å². The number of amides is 2. The van der Waals surface area contributed by atoms with Crippen molar-refractivity contribution in [1.29, 1.82) is 0 Å². The van der Waals surface area contributed by atoms with Gasteiger partial charge in [0.1, 0.15) is 4.90 Å². The third-order valence-corrected chi connectivity index (χ3v) is 6.26. The van der Waals surface area contributed by atoms with Crippen molar-refractivity contribution in [3.8, 4) is 5.75 Å². The molecule has 0 heterocycles.